The minimum atomic E-state index is 0.753. The normalized spacial score (nSPS) is 22.3. The van der Waals surface area contributed by atoms with Crippen LogP contribution in [-0.2, 0) is 11.3 Å². The minimum Gasteiger partial charge on any atom is -0.377 e. The molecule has 1 aromatic rings. The number of unbranched alkanes of at least 4 members (excludes halogenated alkanes) is 1. The van der Waals surface area contributed by atoms with Crippen molar-refractivity contribution in [2.45, 2.75) is 71.3 Å². The molecule has 0 bridgehead atoms. The second kappa shape index (κ2) is 9.84. The van der Waals surface area contributed by atoms with Crippen molar-refractivity contribution >= 4 is 0 Å². The molecule has 1 heteroatoms. The van der Waals surface area contributed by atoms with Gasteiger partial charge in [-0.05, 0) is 61.5 Å². The standard InChI is InChI=1S/C21H32O/c1-3-5-6-7-18-8-12-20(13-9-18)21-14-10-19(11-15-21)17-22-16-4-2/h6-7,10-11,14-15,18,20H,3-5,8-9,12-13,16-17H2,1-2H3/t18-,20-. The molecule has 0 heterocycles. The molecule has 1 aromatic carbocycles. The molecular formula is C21H32O. The average molecular weight is 300 g/mol. The summed E-state index contributed by atoms with van der Waals surface area (Å²) in [5, 5.41) is 0. The van der Waals surface area contributed by atoms with E-state index in [0.29, 0.717) is 0 Å². The van der Waals surface area contributed by atoms with Crippen LogP contribution in [0.4, 0.5) is 0 Å². The number of hydrogen-bond donors (Lipinski definition) is 0. The fraction of sp³-hybridized carbons (Fsp3) is 0.619. The third kappa shape index (κ3) is 5.61. The van der Waals surface area contributed by atoms with Gasteiger partial charge in [-0.3, -0.25) is 0 Å². The maximum Gasteiger partial charge on any atom is 0.0716 e. The third-order valence-electron chi connectivity index (χ3n) is 4.70. The topological polar surface area (TPSA) is 9.23 Å². The molecule has 2 rings (SSSR count). The van der Waals surface area contributed by atoms with Crippen LogP contribution < -0.4 is 0 Å². The summed E-state index contributed by atoms with van der Waals surface area (Å²) < 4.78 is 5.61. The van der Waals surface area contributed by atoms with Crippen molar-refractivity contribution < 1.29 is 4.74 Å². The van der Waals surface area contributed by atoms with Crippen molar-refractivity contribution in [1.82, 2.24) is 0 Å². The number of allylic oxidation sites excluding steroid dienone is 2. The van der Waals surface area contributed by atoms with Gasteiger partial charge in [0.25, 0.3) is 0 Å². The fourth-order valence-corrected chi connectivity index (χ4v) is 3.32. The summed E-state index contributed by atoms with van der Waals surface area (Å²) >= 11 is 0. The Kier molecular flexibility index (Phi) is 7.73. The van der Waals surface area contributed by atoms with Gasteiger partial charge in [0.05, 0.1) is 6.61 Å². The van der Waals surface area contributed by atoms with Crippen molar-refractivity contribution in [2.75, 3.05) is 6.61 Å². The Morgan fingerprint density at radius 3 is 2.36 bits per heavy atom. The molecule has 0 saturated heterocycles. The zero-order valence-corrected chi connectivity index (χ0v) is 14.4. The zero-order chi connectivity index (χ0) is 15.6. The van der Waals surface area contributed by atoms with Crippen molar-refractivity contribution in [1.29, 1.82) is 0 Å². The molecule has 1 fully saturated rings. The van der Waals surface area contributed by atoms with Crippen LogP contribution in [0.1, 0.15) is 75.8 Å². The van der Waals surface area contributed by atoms with Gasteiger partial charge in [-0.15, -0.1) is 0 Å². The monoisotopic (exact) mass is 300 g/mol. The largest absolute Gasteiger partial charge is 0.377 e. The van der Waals surface area contributed by atoms with Crippen molar-refractivity contribution in [3.8, 4) is 0 Å². The number of rotatable bonds is 8. The molecule has 0 radical (unpaired) electrons. The lowest BCUT2D eigenvalue weighted by Crippen LogP contribution is -2.11. The first-order valence-corrected chi connectivity index (χ1v) is 9.16. The Bertz CT molecular complexity index is 424. The van der Waals surface area contributed by atoms with Gasteiger partial charge in [0.15, 0.2) is 0 Å². The second-order valence-electron chi connectivity index (χ2n) is 6.62. The Balaban J connectivity index is 1.78. The predicted octanol–water partition coefficient (Wildman–Crippen LogP) is 6.24. The van der Waals surface area contributed by atoms with E-state index in [0.717, 1.165) is 31.5 Å². The maximum absolute atomic E-state index is 5.61. The molecule has 0 N–H and O–H groups in total. The van der Waals surface area contributed by atoms with Crippen LogP contribution in [0.25, 0.3) is 0 Å². The molecule has 1 aliphatic rings. The number of ether oxygens (including phenoxy) is 1. The van der Waals surface area contributed by atoms with Gasteiger partial charge in [-0.2, -0.15) is 0 Å². The van der Waals surface area contributed by atoms with Crippen molar-refractivity contribution in [2.24, 2.45) is 5.92 Å². The third-order valence-corrected chi connectivity index (χ3v) is 4.70. The second-order valence-corrected chi connectivity index (χ2v) is 6.62. The van der Waals surface area contributed by atoms with Crippen LogP contribution in [0.2, 0.25) is 0 Å². The molecule has 122 valence electrons. The first-order chi connectivity index (χ1) is 10.8. The van der Waals surface area contributed by atoms with Gasteiger partial charge in [-0.25, -0.2) is 0 Å². The van der Waals surface area contributed by atoms with E-state index in [-0.39, 0.29) is 0 Å². The van der Waals surface area contributed by atoms with Gasteiger partial charge < -0.3 is 4.74 Å². The van der Waals surface area contributed by atoms with Crippen LogP contribution in [0.3, 0.4) is 0 Å². The predicted molar refractivity (Wildman–Crippen MR) is 95.1 cm³/mol. The van der Waals surface area contributed by atoms with Crippen molar-refractivity contribution in [3.05, 3.63) is 47.5 Å². The van der Waals surface area contributed by atoms with Crippen LogP contribution >= 0.6 is 0 Å². The van der Waals surface area contributed by atoms with Crippen molar-refractivity contribution in [3.63, 3.8) is 0 Å². The molecule has 1 aliphatic carbocycles. The molecule has 0 aromatic heterocycles. The van der Waals surface area contributed by atoms with Crippen LogP contribution in [0.5, 0.6) is 0 Å². The van der Waals surface area contributed by atoms with Gasteiger partial charge in [0, 0.05) is 6.61 Å². The smallest absolute Gasteiger partial charge is 0.0716 e. The first kappa shape index (κ1) is 17.3. The Morgan fingerprint density at radius 2 is 1.73 bits per heavy atom. The molecule has 22 heavy (non-hydrogen) atoms. The summed E-state index contributed by atoms with van der Waals surface area (Å²) in [5.41, 5.74) is 2.82. The van der Waals surface area contributed by atoms with Crippen LogP contribution in [0, 0.1) is 5.92 Å². The van der Waals surface area contributed by atoms with E-state index in [2.05, 4.69) is 50.3 Å². The molecular weight excluding hydrogens is 268 g/mol. The molecule has 0 unspecified atom stereocenters. The molecule has 0 amide bonds. The highest BCUT2D eigenvalue weighted by atomic mass is 16.5. The minimum absolute atomic E-state index is 0.753. The highest BCUT2D eigenvalue weighted by Crippen LogP contribution is 2.36. The highest BCUT2D eigenvalue weighted by molar-refractivity contribution is 5.25. The summed E-state index contributed by atoms with van der Waals surface area (Å²) in [6.07, 6.45) is 13.8. The van der Waals surface area contributed by atoms with Gasteiger partial charge in [-0.1, -0.05) is 56.7 Å². The van der Waals surface area contributed by atoms with E-state index in [1.807, 2.05) is 0 Å². The average Bonchev–Trinajstić information content (AvgIpc) is 2.57. The Hall–Kier alpha value is -1.08. The lowest BCUT2D eigenvalue weighted by molar-refractivity contribution is 0.121. The van der Waals surface area contributed by atoms with Crippen LogP contribution in [-0.4, -0.2) is 6.61 Å². The van der Waals surface area contributed by atoms with Crippen LogP contribution in [0.15, 0.2) is 36.4 Å². The van der Waals surface area contributed by atoms with Gasteiger partial charge in [0.2, 0.25) is 0 Å². The first-order valence-electron chi connectivity index (χ1n) is 9.16. The summed E-state index contributed by atoms with van der Waals surface area (Å²) in [4.78, 5) is 0. The van der Waals surface area contributed by atoms with E-state index in [9.17, 15) is 0 Å². The molecule has 0 aliphatic heterocycles. The SMILES string of the molecule is CCCC=C[C@H]1CC[C@H](c2ccc(COCCC)cc2)CC1. The maximum atomic E-state index is 5.61. The summed E-state index contributed by atoms with van der Waals surface area (Å²) in [6, 6.07) is 9.14. The Labute approximate surface area is 136 Å². The quantitative estimate of drug-likeness (QED) is 0.407. The summed E-state index contributed by atoms with van der Waals surface area (Å²) in [6.45, 7) is 6.01. The van der Waals surface area contributed by atoms with E-state index in [4.69, 9.17) is 4.74 Å². The Morgan fingerprint density at radius 1 is 1.00 bits per heavy atom. The lowest BCUT2D eigenvalue weighted by Gasteiger charge is -2.27. The van der Waals surface area contributed by atoms with E-state index >= 15 is 0 Å². The molecule has 0 atom stereocenters. The molecule has 0 spiro atoms. The lowest BCUT2D eigenvalue weighted by atomic mass is 9.78. The summed E-state index contributed by atoms with van der Waals surface area (Å²) in [5.74, 6) is 1.59. The van der Waals surface area contributed by atoms with Gasteiger partial charge >= 0.3 is 0 Å². The number of hydrogen-bond acceptors (Lipinski definition) is 1. The highest BCUT2D eigenvalue weighted by Gasteiger charge is 2.20. The summed E-state index contributed by atoms with van der Waals surface area (Å²) in [7, 11) is 0. The van der Waals surface area contributed by atoms with E-state index in [1.165, 1.54) is 49.7 Å². The zero-order valence-electron chi connectivity index (χ0n) is 14.4. The van der Waals surface area contributed by atoms with E-state index in [1.54, 1.807) is 0 Å². The number of benzene rings is 1. The van der Waals surface area contributed by atoms with E-state index < -0.39 is 0 Å². The fourth-order valence-electron chi connectivity index (χ4n) is 3.32. The molecule has 1 saturated carbocycles. The molecule has 1 nitrogen and oxygen atoms in total. The van der Waals surface area contributed by atoms with Gasteiger partial charge in [0.1, 0.15) is 0 Å².